The van der Waals surface area contributed by atoms with E-state index < -0.39 is 13.7 Å². The van der Waals surface area contributed by atoms with E-state index in [1.807, 2.05) is 60.8 Å². The smallest absolute Gasteiger partial charge is 0.268 e. The van der Waals surface area contributed by atoms with Crippen LogP contribution in [0.2, 0.25) is 0 Å². The Morgan fingerprint density at radius 2 is 1.12 bits per heavy atom. The second kappa shape index (κ2) is 22.6. The predicted octanol–water partition coefficient (Wildman–Crippen LogP) is 23.4. The Balaban J connectivity index is 0.00000819. The first-order valence-electron chi connectivity index (χ1n) is 36.4. The first kappa shape index (κ1) is 55.3. The number of fused-ring (bicyclic) bond motifs is 14. The molecule has 97 heavy (non-hydrogen) atoms. The molecule has 0 atom stereocenters. The van der Waals surface area contributed by atoms with Gasteiger partial charge in [-0.15, -0.1) is 29.7 Å². The van der Waals surface area contributed by atoms with Crippen molar-refractivity contribution in [2.75, 3.05) is 0 Å². The van der Waals surface area contributed by atoms with Gasteiger partial charge in [-0.05, 0) is 220 Å². The van der Waals surface area contributed by atoms with Crippen molar-refractivity contribution in [2.45, 2.75) is 117 Å². The second-order valence-electron chi connectivity index (χ2n) is 29.8. The number of nitrogens with zero attached hydrogens (tertiary/aromatic N) is 4. The molecular formula is C90H76N4O2Pt-2. The van der Waals surface area contributed by atoms with E-state index in [0.717, 1.165) is 124 Å². The van der Waals surface area contributed by atoms with Gasteiger partial charge in [-0.3, -0.25) is 4.57 Å². The van der Waals surface area contributed by atoms with Crippen LogP contribution in [-0.4, -0.2) is 14.1 Å². The van der Waals surface area contributed by atoms with Crippen LogP contribution in [0, 0.1) is 32.2 Å². The van der Waals surface area contributed by atoms with Gasteiger partial charge in [0.2, 0.25) is 0 Å². The number of pyridine rings is 1. The standard InChI is InChI=1S/C90H76N4O2.Pt/c1-54-21-19-22-55(2)84(54)59-45-70(57-33-38-82-73(43-57)69-28-16-18-30-81(69)96-82)85-75(46-59)72-52-77-76(89(9,10)40-41-90(77,11)12)51-71(72)65-25-13-14-26-66(65)74-44-58(56-31-34-60(35-32-56)87(3,4)5)47-80-86(74)93(85)53-92(80)62-23-20-24-63(49-62)95-64-36-37-68-67-27-15-17-29-78(67)94(79(68)50-64)83-48-61(39-42-91-83)88(6,7)8;/h13-39,42-48,51-52H,40-41H2,1-12H3;/q-2;/i1D3,2D3;. The summed E-state index contributed by atoms with van der Waals surface area (Å²) >= 11 is 0. The number of rotatable bonds is 7. The fraction of sp³-hybridized carbons (Fsp3) is 0.200. The second-order valence-corrected chi connectivity index (χ2v) is 29.8. The Morgan fingerprint density at radius 1 is 0.495 bits per heavy atom. The number of hydrogen-bond acceptors (Lipinski definition) is 3. The first-order chi connectivity index (χ1) is 48.6. The monoisotopic (exact) mass is 1450 g/mol. The molecule has 0 N–H and O–H groups in total. The number of furan rings is 1. The van der Waals surface area contributed by atoms with Gasteiger partial charge in [-0.2, -0.15) is 18.2 Å². The third kappa shape index (κ3) is 10.2. The topological polar surface area (TPSA) is 49.0 Å². The van der Waals surface area contributed by atoms with Crippen molar-refractivity contribution in [1.82, 2.24) is 14.1 Å². The van der Waals surface area contributed by atoms with Crippen molar-refractivity contribution in [1.29, 1.82) is 0 Å². The van der Waals surface area contributed by atoms with Gasteiger partial charge in [0.05, 0.1) is 16.7 Å². The molecule has 1 aliphatic carbocycles. The Hall–Kier alpha value is -9.87. The maximum absolute atomic E-state index is 9.16. The molecule has 15 aromatic rings. The van der Waals surface area contributed by atoms with Crippen LogP contribution in [0.5, 0.6) is 11.5 Å². The summed E-state index contributed by atoms with van der Waals surface area (Å²) in [5.74, 6) is 1.74. The van der Waals surface area contributed by atoms with Crippen molar-refractivity contribution in [3.63, 3.8) is 0 Å². The maximum atomic E-state index is 9.16. The van der Waals surface area contributed by atoms with Gasteiger partial charge in [0.25, 0.3) is 6.33 Å². The largest absolute Gasteiger partial charge is 0.510 e. The SMILES string of the molecule is [2H]C([2H])([2H])c1cccc(C([2H])([2H])[2H])c1-c1cc(-c2ccc3oc4ccccc4c3c2)c2c(c1)-c1cc3c(cc1-c1ccccc1-c1cc(-c4ccc(C(C)(C)C)cc4)cc4c1[n+]-2[c-]n4-c1[c-]c(Oc2[c-]c4c(cc2)c2ccccc2n4-c2cc(C(C)(C)C)ccn2)ccc1)C(C)(C)CCC3(C)C.[Pt]. The summed E-state index contributed by atoms with van der Waals surface area (Å²) in [4.78, 5) is 4.95. The minimum atomic E-state index is -2.70. The molecule has 2 aliphatic rings. The molecule has 0 unspecified atom stereocenters. The third-order valence-corrected chi connectivity index (χ3v) is 20.6. The van der Waals surface area contributed by atoms with E-state index in [9.17, 15) is 0 Å². The Morgan fingerprint density at radius 3 is 1.86 bits per heavy atom. The van der Waals surface area contributed by atoms with Gasteiger partial charge in [-0.1, -0.05) is 196 Å². The van der Waals surface area contributed by atoms with E-state index in [-0.39, 0.29) is 59.4 Å². The zero-order valence-corrected chi connectivity index (χ0v) is 58.4. The molecule has 0 saturated heterocycles. The van der Waals surface area contributed by atoms with E-state index in [0.29, 0.717) is 33.9 Å². The maximum Gasteiger partial charge on any atom is 0.268 e. The number of imidazole rings is 1. The Bertz CT molecular complexity index is 5960. The van der Waals surface area contributed by atoms with E-state index in [1.54, 1.807) is 18.2 Å². The number of aromatic nitrogens is 4. The van der Waals surface area contributed by atoms with Crippen molar-refractivity contribution in [3.05, 3.63) is 270 Å². The molecular weight excluding hydrogens is 1360 g/mol. The van der Waals surface area contributed by atoms with Gasteiger partial charge in [0, 0.05) is 63.3 Å². The van der Waals surface area contributed by atoms with Crippen LogP contribution in [0.1, 0.15) is 124 Å². The van der Waals surface area contributed by atoms with Crippen molar-refractivity contribution in [3.8, 4) is 95.5 Å². The minimum Gasteiger partial charge on any atom is -0.510 e. The summed E-state index contributed by atoms with van der Waals surface area (Å²) < 4.78 is 75.0. The van der Waals surface area contributed by atoms with Crippen LogP contribution >= 0.6 is 0 Å². The summed E-state index contributed by atoms with van der Waals surface area (Å²) in [5.41, 5.74) is 20.1. The van der Waals surface area contributed by atoms with Crippen LogP contribution in [0.4, 0.5) is 0 Å². The van der Waals surface area contributed by atoms with Crippen LogP contribution < -0.4 is 9.30 Å². The van der Waals surface area contributed by atoms with Gasteiger partial charge < -0.3 is 18.3 Å². The summed E-state index contributed by atoms with van der Waals surface area (Å²) in [6.45, 7) is 17.3. The normalized spacial score (nSPS) is 15.2. The molecule has 4 aromatic heterocycles. The van der Waals surface area contributed by atoms with Crippen LogP contribution in [0.25, 0.3) is 139 Å². The molecule has 0 amide bonds. The fourth-order valence-corrected chi connectivity index (χ4v) is 15.2. The number of para-hydroxylation sites is 2. The van der Waals surface area contributed by atoms with Crippen molar-refractivity contribution >= 4 is 54.8 Å². The van der Waals surface area contributed by atoms with Crippen molar-refractivity contribution in [2.24, 2.45) is 0 Å². The quantitative estimate of drug-likeness (QED) is 0.118. The summed E-state index contributed by atoms with van der Waals surface area (Å²) in [7, 11) is 0. The Labute approximate surface area is 591 Å². The van der Waals surface area contributed by atoms with Crippen LogP contribution in [-0.2, 0) is 42.7 Å². The molecule has 1 aliphatic heterocycles. The van der Waals surface area contributed by atoms with E-state index >= 15 is 0 Å². The number of benzene rings is 11. The number of aryl methyl sites for hydroxylation is 2. The molecule has 0 saturated carbocycles. The van der Waals surface area contributed by atoms with E-state index in [2.05, 4.69) is 241 Å². The molecule has 0 fully saturated rings. The van der Waals surface area contributed by atoms with E-state index in [1.165, 1.54) is 22.3 Å². The van der Waals surface area contributed by atoms with Gasteiger partial charge in [0.15, 0.2) is 0 Å². The van der Waals surface area contributed by atoms with Crippen LogP contribution in [0.3, 0.4) is 0 Å². The molecule has 17 rings (SSSR count). The molecule has 0 bridgehead atoms. The van der Waals surface area contributed by atoms with Gasteiger partial charge in [-0.25, -0.2) is 4.98 Å². The molecule has 0 spiro atoms. The molecule has 0 radical (unpaired) electrons. The van der Waals surface area contributed by atoms with Crippen LogP contribution in [0.15, 0.2) is 223 Å². The molecule has 480 valence electrons. The zero-order chi connectivity index (χ0) is 70.9. The average molecular weight is 1450 g/mol. The zero-order valence-electron chi connectivity index (χ0n) is 62.1. The molecule has 7 heteroatoms. The number of hydrogen-bond donors (Lipinski definition) is 0. The Kier molecular flexibility index (Phi) is 12.9. The molecule has 11 aromatic carbocycles. The molecule has 5 heterocycles. The summed E-state index contributed by atoms with van der Waals surface area (Å²) in [6, 6.07) is 80.1. The first-order valence-corrected chi connectivity index (χ1v) is 33.4. The van der Waals surface area contributed by atoms with Crippen molar-refractivity contribution < 1.29 is 43.0 Å². The van der Waals surface area contributed by atoms with Gasteiger partial charge >= 0.3 is 0 Å². The fourth-order valence-electron chi connectivity index (χ4n) is 15.2. The van der Waals surface area contributed by atoms with E-state index in [4.69, 9.17) is 22.4 Å². The summed E-state index contributed by atoms with van der Waals surface area (Å²) in [6.07, 6.45) is 7.88. The molecule has 6 nitrogen and oxygen atoms in total. The van der Waals surface area contributed by atoms with Gasteiger partial charge in [0.1, 0.15) is 17.0 Å². The third-order valence-electron chi connectivity index (χ3n) is 20.6. The average Bonchev–Trinajstić information content (AvgIpc) is 1.64. The number of ether oxygens (including phenoxy) is 1. The summed E-state index contributed by atoms with van der Waals surface area (Å²) in [5, 5.41) is 3.91. The minimum absolute atomic E-state index is 0. The predicted molar refractivity (Wildman–Crippen MR) is 396 cm³/mol.